The lowest BCUT2D eigenvalue weighted by atomic mass is 10.1. The van der Waals surface area contributed by atoms with Crippen molar-refractivity contribution < 1.29 is 19.1 Å². The minimum Gasteiger partial charge on any atom is -0.483 e. The first-order valence-corrected chi connectivity index (χ1v) is 11.3. The average molecular weight is 461 g/mol. The summed E-state index contributed by atoms with van der Waals surface area (Å²) in [6, 6.07) is 18.6. The van der Waals surface area contributed by atoms with Crippen LogP contribution in [-0.2, 0) is 11.2 Å². The molecule has 0 bridgehead atoms. The monoisotopic (exact) mass is 460 g/mol. The molecule has 166 valence electrons. The predicted octanol–water partition coefficient (Wildman–Crippen LogP) is 4.78. The smallest absolute Gasteiger partial charge is 0.286 e. The Kier molecular flexibility index (Phi) is 5.70. The number of hydrogen-bond donors (Lipinski definition) is 2. The molecule has 0 saturated carbocycles. The Bertz CT molecular complexity index is 1310. The molecule has 8 nitrogen and oxygen atoms in total. The van der Waals surface area contributed by atoms with Gasteiger partial charge in [0.05, 0.1) is 16.3 Å². The summed E-state index contributed by atoms with van der Waals surface area (Å²) in [5.41, 5.74) is 2.61. The maximum absolute atomic E-state index is 11.7. The number of benzene rings is 2. The molecule has 9 heteroatoms. The molecule has 2 N–H and O–H groups in total. The zero-order valence-electron chi connectivity index (χ0n) is 17.6. The van der Waals surface area contributed by atoms with Crippen molar-refractivity contribution in [3.63, 3.8) is 0 Å². The number of carbonyl (C=O) groups excluding carboxylic acids is 2. The van der Waals surface area contributed by atoms with Crippen molar-refractivity contribution in [1.82, 2.24) is 20.3 Å². The summed E-state index contributed by atoms with van der Waals surface area (Å²) in [6.45, 7) is 1.92. The van der Waals surface area contributed by atoms with Crippen LogP contribution in [0, 0.1) is 0 Å². The number of pyridine rings is 1. The number of aromatic amines is 1. The van der Waals surface area contributed by atoms with Gasteiger partial charge in [-0.3, -0.25) is 14.9 Å². The zero-order valence-corrected chi connectivity index (χ0v) is 18.5. The van der Waals surface area contributed by atoms with Crippen LogP contribution in [0.3, 0.4) is 0 Å². The average Bonchev–Trinajstić information content (AvgIpc) is 3.37. The summed E-state index contributed by atoms with van der Waals surface area (Å²) < 4.78 is 11.8. The van der Waals surface area contributed by atoms with E-state index in [1.807, 2.05) is 61.5 Å². The minimum atomic E-state index is -0.384. The van der Waals surface area contributed by atoms with Crippen LogP contribution in [-0.4, -0.2) is 31.3 Å². The number of imide groups is 1. The van der Waals surface area contributed by atoms with Crippen LogP contribution in [0.5, 0.6) is 17.4 Å². The normalized spacial score (nSPS) is 16.6. The molecule has 1 aliphatic rings. The summed E-state index contributed by atoms with van der Waals surface area (Å²) in [4.78, 5) is 35.2. The number of carbonyl (C=O) groups is 2. The number of amides is 2. The van der Waals surface area contributed by atoms with Gasteiger partial charge in [-0.25, -0.2) is 9.97 Å². The Morgan fingerprint density at radius 3 is 2.61 bits per heavy atom. The molecule has 0 spiro atoms. The van der Waals surface area contributed by atoms with Crippen molar-refractivity contribution in [1.29, 1.82) is 0 Å². The summed E-state index contributed by atoms with van der Waals surface area (Å²) in [5.74, 6) is 2.33. The molecule has 1 saturated heterocycles. The van der Waals surface area contributed by atoms with Gasteiger partial charge in [-0.05, 0) is 49.2 Å². The van der Waals surface area contributed by atoms with E-state index in [0.29, 0.717) is 29.6 Å². The first-order valence-electron chi connectivity index (χ1n) is 10.4. The van der Waals surface area contributed by atoms with Gasteiger partial charge in [-0.1, -0.05) is 30.0 Å². The highest BCUT2D eigenvalue weighted by Crippen LogP contribution is 2.28. The summed E-state index contributed by atoms with van der Waals surface area (Å²) >= 11 is 1.03. The second-order valence-electron chi connectivity index (χ2n) is 7.56. The Balaban J connectivity index is 1.24. The molecule has 4 aromatic rings. The fraction of sp³-hybridized carbons (Fsp3) is 0.167. The van der Waals surface area contributed by atoms with Gasteiger partial charge in [0.25, 0.3) is 5.24 Å². The number of aromatic nitrogens is 3. The second kappa shape index (κ2) is 8.95. The molecule has 3 heterocycles. The third-order valence-corrected chi connectivity index (χ3v) is 6.12. The number of nitrogens with one attached hydrogen (secondary N) is 2. The highest BCUT2D eigenvalue weighted by Gasteiger charge is 2.31. The lowest BCUT2D eigenvalue weighted by Crippen LogP contribution is -2.25. The van der Waals surface area contributed by atoms with Crippen LogP contribution in [0.15, 0.2) is 66.9 Å². The summed E-state index contributed by atoms with van der Waals surface area (Å²) in [6.07, 6.45) is 1.86. The fourth-order valence-electron chi connectivity index (χ4n) is 3.50. The quantitative estimate of drug-likeness (QED) is 0.409. The molecular formula is C24H20N4O4S. The molecule has 2 aromatic heterocycles. The number of nitrogens with zero attached hydrogens (tertiary/aromatic N) is 2. The van der Waals surface area contributed by atoms with Crippen LogP contribution >= 0.6 is 11.8 Å². The number of H-pyrrole nitrogens is 1. The van der Waals surface area contributed by atoms with Crippen LogP contribution in [0.4, 0.5) is 4.79 Å². The Morgan fingerprint density at radius 1 is 1.06 bits per heavy atom. The predicted molar refractivity (Wildman–Crippen MR) is 125 cm³/mol. The van der Waals surface area contributed by atoms with Gasteiger partial charge in [0.15, 0.2) is 6.10 Å². The highest BCUT2D eigenvalue weighted by molar-refractivity contribution is 8.15. The SMILES string of the molecule is CC(Oc1ccc(CC2SC(=O)NC2=O)cc1)c1nc2ccc(Oc3ccccn3)cc2[nH]1. The van der Waals surface area contributed by atoms with Gasteiger partial charge in [-0.15, -0.1) is 0 Å². The molecule has 2 atom stereocenters. The summed E-state index contributed by atoms with van der Waals surface area (Å²) in [7, 11) is 0. The topological polar surface area (TPSA) is 106 Å². The van der Waals surface area contributed by atoms with Gasteiger partial charge in [0.1, 0.15) is 17.3 Å². The minimum absolute atomic E-state index is 0.238. The van der Waals surface area contributed by atoms with E-state index in [2.05, 4.69) is 20.3 Å². The fourth-order valence-corrected chi connectivity index (χ4v) is 4.36. The van der Waals surface area contributed by atoms with Crippen molar-refractivity contribution in [3.05, 3.63) is 78.2 Å². The molecule has 0 radical (unpaired) electrons. The zero-order chi connectivity index (χ0) is 22.8. The number of ether oxygens (including phenoxy) is 2. The maximum Gasteiger partial charge on any atom is 0.286 e. The van der Waals surface area contributed by atoms with E-state index in [9.17, 15) is 9.59 Å². The van der Waals surface area contributed by atoms with Gasteiger partial charge in [0, 0.05) is 18.3 Å². The van der Waals surface area contributed by atoms with Crippen molar-refractivity contribution in [2.75, 3.05) is 0 Å². The van der Waals surface area contributed by atoms with E-state index < -0.39 is 0 Å². The van der Waals surface area contributed by atoms with Crippen LogP contribution < -0.4 is 14.8 Å². The van der Waals surface area contributed by atoms with Crippen molar-refractivity contribution in [2.45, 2.75) is 24.7 Å². The first kappa shape index (κ1) is 21.0. The third-order valence-electron chi connectivity index (χ3n) is 5.14. The lowest BCUT2D eigenvalue weighted by Gasteiger charge is -2.13. The van der Waals surface area contributed by atoms with Gasteiger partial charge in [0.2, 0.25) is 11.8 Å². The Labute approximate surface area is 193 Å². The van der Waals surface area contributed by atoms with E-state index in [4.69, 9.17) is 9.47 Å². The van der Waals surface area contributed by atoms with E-state index in [-0.39, 0.29) is 22.5 Å². The highest BCUT2D eigenvalue weighted by atomic mass is 32.2. The van der Waals surface area contributed by atoms with Gasteiger partial charge < -0.3 is 14.5 Å². The molecule has 2 aromatic carbocycles. The van der Waals surface area contributed by atoms with Crippen molar-refractivity contribution >= 4 is 33.9 Å². The largest absolute Gasteiger partial charge is 0.483 e. The maximum atomic E-state index is 11.7. The lowest BCUT2D eigenvalue weighted by molar-refractivity contribution is -0.118. The second-order valence-corrected chi connectivity index (χ2v) is 8.74. The number of rotatable bonds is 7. The molecule has 2 unspecified atom stereocenters. The standard InChI is InChI=1S/C24H20N4O4S/c1-14(31-16-7-5-15(6-8-16)12-20-23(29)28-24(30)33-20)22-26-18-10-9-17(13-19(18)27-22)32-21-4-2-3-11-25-21/h2-11,13-14,20H,12H2,1H3,(H,26,27)(H,28,29,30). The molecule has 5 rings (SSSR count). The Morgan fingerprint density at radius 2 is 1.88 bits per heavy atom. The number of fused-ring (bicyclic) bond motifs is 1. The van der Waals surface area contributed by atoms with Gasteiger partial charge in [-0.2, -0.15) is 0 Å². The van der Waals surface area contributed by atoms with E-state index in [0.717, 1.165) is 28.4 Å². The van der Waals surface area contributed by atoms with Crippen LogP contribution in [0.2, 0.25) is 0 Å². The van der Waals surface area contributed by atoms with E-state index >= 15 is 0 Å². The molecule has 2 amide bonds. The Hall–Kier alpha value is -3.85. The third kappa shape index (κ3) is 4.83. The molecular weight excluding hydrogens is 440 g/mol. The molecule has 1 fully saturated rings. The van der Waals surface area contributed by atoms with Crippen molar-refractivity contribution in [2.24, 2.45) is 0 Å². The van der Waals surface area contributed by atoms with Crippen molar-refractivity contribution in [3.8, 4) is 17.4 Å². The number of thioether (sulfide) groups is 1. The molecule has 33 heavy (non-hydrogen) atoms. The number of imidazole rings is 1. The molecule has 0 aliphatic carbocycles. The van der Waals surface area contributed by atoms with Crippen LogP contribution in [0.1, 0.15) is 24.4 Å². The van der Waals surface area contributed by atoms with Crippen LogP contribution in [0.25, 0.3) is 11.0 Å². The first-order chi connectivity index (χ1) is 16.0. The van der Waals surface area contributed by atoms with E-state index in [1.165, 1.54) is 0 Å². The molecule has 1 aliphatic heterocycles. The van der Waals surface area contributed by atoms with E-state index in [1.54, 1.807) is 12.3 Å². The van der Waals surface area contributed by atoms with Gasteiger partial charge >= 0.3 is 0 Å². The summed E-state index contributed by atoms with van der Waals surface area (Å²) in [5, 5.41) is 1.63. The number of hydrogen-bond acceptors (Lipinski definition) is 7.